The van der Waals surface area contributed by atoms with Crippen LogP contribution in [0.15, 0.2) is 30.3 Å². The van der Waals surface area contributed by atoms with Crippen molar-refractivity contribution in [2.45, 2.75) is 19.6 Å². The number of aromatic nitrogens is 2. The summed E-state index contributed by atoms with van der Waals surface area (Å²) in [6, 6.07) is 10.1. The molecule has 0 aliphatic carbocycles. The van der Waals surface area contributed by atoms with Crippen LogP contribution in [-0.2, 0) is 5.75 Å². The maximum Gasteiger partial charge on any atom is 0.141 e. The third-order valence-corrected chi connectivity index (χ3v) is 3.58. The standard InChI is InChI=1S/C14H17N3S/c1-3-18-9-12-16-13(10(2)14(15)17-12)11-7-5-4-6-8-11/h4-8H,3,9H2,1-2H3,(H2,15,16,17). The van der Waals surface area contributed by atoms with Crippen molar-refractivity contribution in [3.63, 3.8) is 0 Å². The lowest BCUT2D eigenvalue weighted by Gasteiger charge is -2.09. The molecule has 0 saturated heterocycles. The van der Waals surface area contributed by atoms with Crippen molar-refractivity contribution in [2.75, 3.05) is 11.5 Å². The SMILES string of the molecule is CCSCc1nc(N)c(C)c(-c2ccccc2)n1. The lowest BCUT2D eigenvalue weighted by Crippen LogP contribution is -2.04. The Balaban J connectivity index is 2.43. The van der Waals surface area contributed by atoms with Gasteiger partial charge in [0.1, 0.15) is 11.6 Å². The third-order valence-electron chi connectivity index (χ3n) is 2.71. The van der Waals surface area contributed by atoms with Crippen LogP contribution in [0.25, 0.3) is 11.3 Å². The van der Waals surface area contributed by atoms with Crippen LogP contribution < -0.4 is 5.73 Å². The van der Waals surface area contributed by atoms with E-state index in [9.17, 15) is 0 Å². The molecule has 0 aliphatic rings. The molecule has 0 aliphatic heterocycles. The lowest BCUT2D eigenvalue weighted by atomic mass is 10.1. The summed E-state index contributed by atoms with van der Waals surface area (Å²) < 4.78 is 0. The summed E-state index contributed by atoms with van der Waals surface area (Å²) >= 11 is 1.80. The molecule has 2 N–H and O–H groups in total. The van der Waals surface area contributed by atoms with Gasteiger partial charge in [0.05, 0.1) is 11.4 Å². The smallest absolute Gasteiger partial charge is 0.141 e. The first kappa shape index (κ1) is 12.9. The molecule has 1 aromatic heterocycles. The molecule has 2 rings (SSSR count). The summed E-state index contributed by atoms with van der Waals surface area (Å²) in [5.41, 5.74) is 8.95. The van der Waals surface area contributed by atoms with Crippen LogP contribution in [0.2, 0.25) is 0 Å². The summed E-state index contributed by atoms with van der Waals surface area (Å²) in [4.78, 5) is 8.97. The number of anilines is 1. The number of rotatable bonds is 4. The minimum atomic E-state index is 0.579. The fourth-order valence-corrected chi connectivity index (χ4v) is 2.23. The van der Waals surface area contributed by atoms with Gasteiger partial charge in [-0.15, -0.1) is 0 Å². The fraction of sp³-hybridized carbons (Fsp3) is 0.286. The van der Waals surface area contributed by atoms with Crippen molar-refractivity contribution < 1.29 is 0 Å². The molecule has 2 aromatic rings. The van der Waals surface area contributed by atoms with Gasteiger partial charge in [0.2, 0.25) is 0 Å². The molecule has 0 bridgehead atoms. The first-order valence-corrected chi connectivity index (χ1v) is 7.14. The van der Waals surface area contributed by atoms with E-state index in [-0.39, 0.29) is 0 Å². The van der Waals surface area contributed by atoms with E-state index in [1.165, 1.54) is 0 Å². The molecule has 0 atom stereocenters. The predicted molar refractivity (Wildman–Crippen MR) is 78.5 cm³/mol. The highest BCUT2D eigenvalue weighted by Crippen LogP contribution is 2.25. The molecule has 0 radical (unpaired) electrons. The van der Waals surface area contributed by atoms with Gasteiger partial charge in [0, 0.05) is 11.1 Å². The van der Waals surface area contributed by atoms with E-state index in [4.69, 9.17) is 5.73 Å². The molecule has 4 heteroatoms. The number of hydrogen-bond acceptors (Lipinski definition) is 4. The number of nitrogens with two attached hydrogens (primary N) is 1. The highest BCUT2D eigenvalue weighted by atomic mass is 32.2. The fourth-order valence-electron chi connectivity index (χ4n) is 1.72. The van der Waals surface area contributed by atoms with Crippen molar-refractivity contribution in [3.8, 4) is 11.3 Å². The summed E-state index contributed by atoms with van der Waals surface area (Å²) in [7, 11) is 0. The molecule has 1 aromatic carbocycles. The zero-order valence-corrected chi connectivity index (χ0v) is 11.5. The van der Waals surface area contributed by atoms with Gasteiger partial charge in [-0.05, 0) is 12.7 Å². The number of nitrogens with zero attached hydrogens (tertiary/aromatic N) is 2. The molecule has 0 unspecified atom stereocenters. The Labute approximate surface area is 112 Å². The molecule has 0 fully saturated rings. The predicted octanol–water partition coefficient (Wildman–Crippen LogP) is 3.29. The molecule has 18 heavy (non-hydrogen) atoms. The molecule has 3 nitrogen and oxygen atoms in total. The van der Waals surface area contributed by atoms with Crippen molar-refractivity contribution in [1.82, 2.24) is 9.97 Å². The van der Waals surface area contributed by atoms with E-state index in [0.717, 1.165) is 34.2 Å². The molecule has 0 saturated carbocycles. The van der Waals surface area contributed by atoms with Gasteiger partial charge in [0.15, 0.2) is 0 Å². The normalized spacial score (nSPS) is 10.6. The number of thioether (sulfide) groups is 1. The van der Waals surface area contributed by atoms with Gasteiger partial charge < -0.3 is 5.73 Å². The largest absolute Gasteiger partial charge is 0.383 e. The van der Waals surface area contributed by atoms with Gasteiger partial charge in [0.25, 0.3) is 0 Å². The van der Waals surface area contributed by atoms with Gasteiger partial charge in [-0.1, -0.05) is 37.3 Å². The minimum absolute atomic E-state index is 0.579. The number of nitrogen functional groups attached to an aromatic ring is 1. The molecule has 94 valence electrons. The second kappa shape index (κ2) is 5.87. The minimum Gasteiger partial charge on any atom is -0.383 e. The third kappa shape index (κ3) is 2.82. The lowest BCUT2D eigenvalue weighted by molar-refractivity contribution is 1.03. The Morgan fingerprint density at radius 1 is 1.17 bits per heavy atom. The first-order valence-electron chi connectivity index (χ1n) is 5.98. The molecule has 0 amide bonds. The van der Waals surface area contributed by atoms with Gasteiger partial charge >= 0.3 is 0 Å². The summed E-state index contributed by atoms with van der Waals surface area (Å²) in [5.74, 6) is 3.25. The van der Waals surface area contributed by atoms with E-state index < -0.39 is 0 Å². The maximum absolute atomic E-state index is 5.97. The Morgan fingerprint density at radius 3 is 2.56 bits per heavy atom. The monoisotopic (exact) mass is 259 g/mol. The number of benzene rings is 1. The van der Waals surface area contributed by atoms with Crippen LogP contribution in [0.5, 0.6) is 0 Å². The van der Waals surface area contributed by atoms with Crippen molar-refractivity contribution >= 4 is 17.6 Å². The van der Waals surface area contributed by atoms with Gasteiger partial charge in [-0.3, -0.25) is 0 Å². The molecule has 0 spiro atoms. The first-order chi connectivity index (χ1) is 8.72. The molecule has 1 heterocycles. The highest BCUT2D eigenvalue weighted by Gasteiger charge is 2.10. The van der Waals surface area contributed by atoms with E-state index in [1.54, 1.807) is 11.8 Å². The Kier molecular flexibility index (Phi) is 4.20. The average Bonchev–Trinajstić information content (AvgIpc) is 2.41. The summed E-state index contributed by atoms with van der Waals surface area (Å²) in [6.07, 6.45) is 0. The van der Waals surface area contributed by atoms with Crippen LogP contribution in [0.1, 0.15) is 18.3 Å². The molecular formula is C14H17N3S. The van der Waals surface area contributed by atoms with E-state index >= 15 is 0 Å². The van der Waals surface area contributed by atoms with Crippen molar-refractivity contribution in [1.29, 1.82) is 0 Å². The van der Waals surface area contributed by atoms with Crippen LogP contribution in [0.4, 0.5) is 5.82 Å². The second-order valence-electron chi connectivity index (χ2n) is 4.00. The van der Waals surface area contributed by atoms with Crippen LogP contribution in [-0.4, -0.2) is 15.7 Å². The zero-order valence-electron chi connectivity index (χ0n) is 10.7. The topological polar surface area (TPSA) is 51.8 Å². The highest BCUT2D eigenvalue weighted by molar-refractivity contribution is 7.98. The van der Waals surface area contributed by atoms with Crippen molar-refractivity contribution in [3.05, 3.63) is 41.7 Å². The zero-order chi connectivity index (χ0) is 13.0. The van der Waals surface area contributed by atoms with E-state index in [0.29, 0.717) is 5.82 Å². The van der Waals surface area contributed by atoms with Gasteiger partial charge in [-0.25, -0.2) is 9.97 Å². The van der Waals surface area contributed by atoms with E-state index in [2.05, 4.69) is 16.9 Å². The number of hydrogen-bond donors (Lipinski definition) is 1. The Bertz CT molecular complexity index is 526. The summed E-state index contributed by atoms with van der Waals surface area (Å²) in [5, 5.41) is 0. The Morgan fingerprint density at radius 2 is 1.89 bits per heavy atom. The van der Waals surface area contributed by atoms with Crippen LogP contribution in [0, 0.1) is 6.92 Å². The maximum atomic E-state index is 5.97. The van der Waals surface area contributed by atoms with Crippen LogP contribution >= 0.6 is 11.8 Å². The van der Waals surface area contributed by atoms with E-state index in [1.807, 2.05) is 37.3 Å². The van der Waals surface area contributed by atoms with Crippen LogP contribution in [0.3, 0.4) is 0 Å². The molecular weight excluding hydrogens is 242 g/mol. The van der Waals surface area contributed by atoms with Crippen molar-refractivity contribution in [2.24, 2.45) is 0 Å². The average molecular weight is 259 g/mol. The van der Waals surface area contributed by atoms with Gasteiger partial charge in [-0.2, -0.15) is 11.8 Å². The second-order valence-corrected chi connectivity index (χ2v) is 5.28. The quantitative estimate of drug-likeness (QED) is 0.915. The summed E-state index contributed by atoms with van der Waals surface area (Å²) in [6.45, 7) is 4.09. The Hall–Kier alpha value is -1.55.